The number of allylic oxidation sites excluding steroid dienone is 9. The van der Waals surface area contributed by atoms with Crippen molar-refractivity contribution in [2.24, 2.45) is 0 Å². The molecule has 0 fully saturated rings. The van der Waals surface area contributed by atoms with Crippen LogP contribution in [0.2, 0.25) is 0 Å². The molecule has 0 bridgehead atoms. The molecule has 0 aliphatic carbocycles. The fraction of sp³-hybridized carbons (Fsp3) is 0.848. The van der Waals surface area contributed by atoms with Crippen molar-refractivity contribution in [3.63, 3.8) is 0 Å². The van der Waals surface area contributed by atoms with Crippen LogP contribution < -0.4 is 5.32 Å². The van der Waals surface area contributed by atoms with Gasteiger partial charge in [0.05, 0.1) is 33.8 Å². The number of unbranched alkanes of at least 4 members (excludes halogenated alkanes) is 47. The Balaban J connectivity index is 5.01. The van der Waals surface area contributed by atoms with Crippen LogP contribution in [0.4, 0.5) is 0 Å². The smallest absolute Gasteiger partial charge is 0.456 e. The van der Waals surface area contributed by atoms with Crippen LogP contribution in [0.3, 0.4) is 0 Å². The van der Waals surface area contributed by atoms with Gasteiger partial charge in [0, 0.05) is 12.8 Å². The number of nitrogens with one attached hydrogen (secondary N) is 1. The van der Waals surface area contributed by atoms with Crippen molar-refractivity contribution < 1.29 is 37.3 Å². The summed E-state index contributed by atoms with van der Waals surface area (Å²) in [5.74, 6) is -0.493. The zero-order chi connectivity index (χ0) is 64.9. The van der Waals surface area contributed by atoms with Crippen LogP contribution in [0, 0.1) is 0 Å². The number of ether oxygens (including phenoxy) is 1. The lowest BCUT2D eigenvalue weighted by atomic mass is 10.0. The van der Waals surface area contributed by atoms with E-state index in [0.717, 1.165) is 83.5 Å². The summed E-state index contributed by atoms with van der Waals surface area (Å²) < 4.78 is 30.9. The Kier molecular flexibility index (Phi) is 66.8. The highest BCUT2D eigenvalue weighted by Crippen LogP contribution is 2.43. The summed E-state index contributed by atoms with van der Waals surface area (Å²) in [5.41, 5.74) is 0. The second-order valence-corrected chi connectivity index (χ2v) is 29.0. The van der Waals surface area contributed by atoms with Crippen LogP contribution >= 0.6 is 7.82 Å². The molecule has 3 atom stereocenters. The summed E-state index contributed by atoms with van der Waals surface area (Å²) in [7, 11) is 1.51. The number of quaternary nitrogens is 1. The van der Waals surface area contributed by atoms with Crippen molar-refractivity contribution in [1.29, 1.82) is 0 Å². The van der Waals surface area contributed by atoms with E-state index in [1.165, 1.54) is 263 Å². The quantitative estimate of drug-likeness (QED) is 0.0205. The maximum atomic E-state index is 13.7. The molecule has 0 aliphatic rings. The van der Waals surface area contributed by atoms with Gasteiger partial charge in [-0.2, -0.15) is 0 Å². The number of phosphoric ester groups is 1. The van der Waals surface area contributed by atoms with Gasteiger partial charge >= 0.3 is 13.8 Å². The van der Waals surface area contributed by atoms with E-state index in [1.54, 1.807) is 0 Å². The second-order valence-electron chi connectivity index (χ2n) is 27.5. The first-order valence-electron chi connectivity index (χ1n) is 38.6. The molecule has 89 heavy (non-hydrogen) atoms. The molecule has 0 aromatic carbocycles. The van der Waals surface area contributed by atoms with Crippen molar-refractivity contribution in [3.8, 4) is 0 Å². The average Bonchev–Trinajstić information content (AvgIpc) is 3.54. The monoisotopic (exact) mass is 1270 g/mol. The average molecular weight is 1270 g/mol. The minimum Gasteiger partial charge on any atom is -0.456 e. The van der Waals surface area contributed by atoms with Crippen LogP contribution in [-0.2, 0) is 27.9 Å². The first-order chi connectivity index (χ1) is 43.4. The van der Waals surface area contributed by atoms with Gasteiger partial charge in [-0.1, -0.05) is 352 Å². The summed E-state index contributed by atoms with van der Waals surface area (Å²) in [5, 5.41) is 3.08. The molecule has 9 nitrogen and oxygen atoms in total. The normalized spacial score (nSPS) is 13.7. The third-order valence-electron chi connectivity index (χ3n) is 17.5. The topological polar surface area (TPSA) is 111 Å². The summed E-state index contributed by atoms with van der Waals surface area (Å²) in [6, 6.07) is -0.852. The van der Waals surface area contributed by atoms with Gasteiger partial charge < -0.3 is 19.4 Å². The Morgan fingerprint density at radius 3 is 1.04 bits per heavy atom. The minimum atomic E-state index is -4.46. The molecule has 0 spiro atoms. The van der Waals surface area contributed by atoms with Gasteiger partial charge in [-0.25, -0.2) is 4.57 Å². The number of amides is 1. The Hall–Kier alpha value is -2.29. The van der Waals surface area contributed by atoms with Gasteiger partial charge in [-0.3, -0.25) is 18.6 Å². The van der Waals surface area contributed by atoms with E-state index in [9.17, 15) is 19.0 Å². The van der Waals surface area contributed by atoms with Gasteiger partial charge in [-0.05, 0) is 76.7 Å². The maximum absolute atomic E-state index is 13.7. The standard InChI is InChI=1S/C79H149N2O7P/c1-7-10-13-16-19-22-25-28-30-32-34-36-38-40-42-44-46-48-50-53-56-59-62-65-68-71-78(82)80-76(75-87-89(84,85)86-74-73-81(4,5)6)77(70-67-64-61-58-55-52-27-24-21-18-15-12-9-3)88-79(83)72-69-66-63-60-57-54-51-49-47-45-43-41-39-37-35-33-31-29-26-23-20-17-14-11-8-2/h20,23,29,31,35,37,41,43,67,70,76-77H,7-19,21-22,24-28,30,32-34,36,38-40,42,44-66,68-69,71-75H2,1-6H3,(H-,80,82,84,85)/p+1/b23-20-,31-29-,37-35-,43-41-,70-67+. The van der Waals surface area contributed by atoms with Crippen molar-refractivity contribution in [3.05, 3.63) is 60.8 Å². The summed E-state index contributed by atoms with van der Waals surface area (Å²) in [4.78, 5) is 38.0. The molecule has 3 unspecified atom stereocenters. The Labute approximate surface area is 553 Å². The largest absolute Gasteiger partial charge is 0.472 e. The van der Waals surface area contributed by atoms with E-state index in [0.29, 0.717) is 17.4 Å². The highest BCUT2D eigenvalue weighted by molar-refractivity contribution is 7.47. The molecule has 0 radical (unpaired) electrons. The van der Waals surface area contributed by atoms with E-state index in [-0.39, 0.29) is 31.5 Å². The fourth-order valence-electron chi connectivity index (χ4n) is 11.5. The number of carbonyl (C=O) groups excluding carboxylic acids is 2. The summed E-state index contributed by atoms with van der Waals surface area (Å²) >= 11 is 0. The first-order valence-corrected chi connectivity index (χ1v) is 40.1. The number of carbonyl (C=O) groups is 2. The van der Waals surface area contributed by atoms with Crippen LogP contribution in [-0.4, -0.2) is 74.3 Å². The highest BCUT2D eigenvalue weighted by atomic mass is 31.2. The SMILES string of the molecule is CCCCC/C=C\C/C=C\C/C=C\C/C=C\CCCCCCCCCCCC(=O)OC(/C=C/CCCCCCCCCCCCC)C(COP(=O)(O)OCC[N+](C)(C)C)NC(=O)CCCCCCCCCCCCCCCCCCCCCCCCCCC. The highest BCUT2D eigenvalue weighted by Gasteiger charge is 2.30. The molecule has 0 heterocycles. The molecule has 0 aliphatic heterocycles. The molecule has 0 saturated heterocycles. The lowest BCUT2D eigenvalue weighted by Gasteiger charge is -2.27. The molecule has 10 heteroatoms. The lowest BCUT2D eigenvalue weighted by Crippen LogP contribution is -2.47. The number of hydrogen-bond acceptors (Lipinski definition) is 6. The Bertz CT molecular complexity index is 1700. The summed E-state index contributed by atoms with van der Waals surface area (Å²) in [6.07, 6.45) is 89.6. The molecule has 0 aromatic rings. The van der Waals surface area contributed by atoms with Crippen molar-refractivity contribution in [2.75, 3.05) is 40.9 Å². The van der Waals surface area contributed by atoms with Crippen LogP contribution in [0.5, 0.6) is 0 Å². The summed E-state index contributed by atoms with van der Waals surface area (Å²) in [6.45, 7) is 7.05. The van der Waals surface area contributed by atoms with E-state index in [2.05, 4.69) is 80.8 Å². The van der Waals surface area contributed by atoms with Gasteiger partial charge in [0.1, 0.15) is 19.3 Å². The van der Waals surface area contributed by atoms with Gasteiger partial charge in [0.25, 0.3) is 0 Å². The Morgan fingerprint density at radius 1 is 0.393 bits per heavy atom. The van der Waals surface area contributed by atoms with Crippen LogP contribution in [0.25, 0.3) is 0 Å². The zero-order valence-electron chi connectivity index (χ0n) is 59.9. The molecule has 0 saturated carbocycles. The number of esters is 1. The van der Waals surface area contributed by atoms with Crippen LogP contribution in [0.15, 0.2) is 60.8 Å². The lowest BCUT2D eigenvalue weighted by molar-refractivity contribution is -0.870. The molecule has 1 amide bonds. The predicted molar refractivity (Wildman–Crippen MR) is 388 cm³/mol. The zero-order valence-corrected chi connectivity index (χ0v) is 60.8. The Morgan fingerprint density at radius 2 is 0.685 bits per heavy atom. The first kappa shape index (κ1) is 86.7. The third kappa shape index (κ3) is 69.9. The van der Waals surface area contributed by atoms with E-state index in [1.807, 2.05) is 27.2 Å². The number of rotatable bonds is 71. The predicted octanol–water partition coefficient (Wildman–Crippen LogP) is 24.9. The molecule has 0 rings (SSSR count). The number of phosphoric acid groups is 1. The molecule has 2 N–H and O–H groups in total. The van der Waals surface area contributed by atoms with E-state index < -0.39 is 20.0 Å². The fourth-order valence-corrected chi connectivity index (χ4v) is 12.3. The maximum Gasteiger partial charge on any atom is 0.472 e. The van der Waals surface area contributed by atoms with E-state index >= 15 is 0 Å². The van der Waals surface area contributed by atoms with E-state index in [4.69, 9.17) is 13.8 Å². The second kappa shape index (κ2) is 68.6. The molecule has 522 valence electrons. The minimum absolute atomic E-state index is 0.0402. The van der Waals surface area contributed by atoms with Crippen LogP contribution in [0.1, 0.15) is 380 Å². The van der Waals surface area contributed by atoms with Gasteiger partial charge in [0.2, 0.25) is 5.91 Å². The molecular formula is C79H150N2O7P+. The van der Waals surface area contributed by atoms with Crippen molar-refractivity contribution in [2.45, 2.75) is 392 Å². The van der Waals surface area contributed by atoms with Gasteiger partial charge in [0.15, 0.2) is 0 Å². The number of likely N-dealkylation sites (N-methyl/N-ethyl adjacent to an activating group) is 1. The number of hydrogen-bond donors (Lipinski definition) is 2. The van der Waals surface area contributed by atoms with Crippen molar-refractivity contribution in [1.82, 2.24) is 5.32 Å². The molecule has 0 aromatic heterocycles. The third-order valence-corrected chi connectivity index (χ3v) is 18.4. The van der Waals surface area contributed by atoms with Gasteiger partial charge in [-0.15, -0.1) is 0 Å². The van der Waals surface area contributed by atoms with Crippen molar-refractivity contribution >= 4 is 19.7 Å². The molecular weight excluding hydrogens is 1120 g/mol. The number of nitrogens with zero attached hydrogens (tertiary/aromatic N) is 1.